The van der Waals surface area contributed by atoms with Gasteiger partial charge < -0.3 is 5.32 Å². The summed E-state index contributed by atoms with van der Waals surface area (Å²) >= 11 is 0. The van der Waals surface area contributed by atoms with Gasteiger partial charge in [0.05, 0.1) is 12.6 Å². The van der Waals surface area contributed by atoms with Crippen LogP contribution in [-0.4, -0.2) is 12.6 Å². The average Bonchev–Trinajstić information content (AvgIpc) is 3.13. The van der Waals surface area contributed by atoms with Gasteiger partial charge in [-0.1, -0.05) is 53.9 Å². The van der Waals surface area contributed by atoms with E-state index in [1.54, 1.807) is 32.1 Å². The van der Waals surface area contributed by atoms with E-state index >= 15 is 0 Å². The molecule has 1 heterocycles. The van der Waals surface area contributed by atoms with Crippen LogP contribution in [0.15, 0.2) is 0 Å². The van der Waals surface area contributed by atoms with E-state index in [-0.39, 0.29) is 0 Å². The fourth-order valence-electron chi connectivity index (χ4n) is 8.86. The van der Waals surface area contributed by atoms with Crippen molar-refractivity contribution in [2.45, 2.75) is 105 Å². The van der Waals surface area contributed by atoms with Gasteiger partial charge in [-0.15, -0.1) is 0 Å². The van der Waals surface area contributed by atoms with Gasteiger partial charge in [0.2, 0.25) is 0 Å². The van der Waals surface area contributed by atoms with Gasteiger partial charge in [-0.25, -0.2) is 0 Å². The summed E-state index contributed by atoms with van der Waals surface area (Å²) in [5, 5.41) is 2.71. The summed E-state index contributed by atoms with van der Waals surface area (Å²) in [7, 11) is 0. The highest BCUT2D eigenvalue weighted by atomic mass is 15.0. The van der Waals surface area contributed by atoms with Crippen LogP contribution in [0, 0.1) is 46.3 Å². The summed E-state index contributed by atoms with van der Waals surface area (Å²) in [4.78, 5) is 0. The van der Waals surface area contributed by atoms with E-state index in [1.807, 2.05) is 0 Å². The molecule has 1 saturated heterocycles. The second-order valence-corrected chi connectivity index (χ2v) is 11.9. The van der Waals surface area contributed by atoms with Crippen molar-refractivity contribution in [2.75, 3.05) is 6.54 Å². The fourth-order valence-corrected chi connectivity index (χ4v) is 8.86. The van der Waals surface area contributed by atoms with Crippen LogP contribution in [0.25, 0.3) is 0 Å². The van der Waals surface area contributed by atoms with Crippen molar-refractivity contribution < 1.29 is 5.32 Å². The Morgan fingerprint density at radius 3 is 2.38 bits per heavy atom. The molecule has 0 amide bonds. The molecule has 1 nitrogen and oxygen atoms in total. The van der Waals surface area contributed by atoms with Crippen molar-refractivity contribution in [3.05, 3.63) is 0 Å². The van der Waals surface area contributed by atoms with Gasteiger partial charge in [0.1, 0.15) is 0 Å². The standard InChI is InChI=1S/C25H45N/c1-17(2)7-6-8-18(3)20-10-11-21-19-9-12-23-25(5,15-16-26-23)22(19)13-14-24(20,21)4/h17-23,26H,6-16H2,1-5H3/p+1/t18-,19-,20+,21+,22+,23+,24+,25-/m0/s1. The highest BCUT2D eigenvalue weighted by molar-refractivity contribution is 5.09. The molecular weight excluding hydrogens is 314 g/mol. The molecular formula is C25H46N+. The van der Waals surface area contributed by atoms with E-state index in [1.165, 1.54) is 38.6 Å². The monoisotopic (exact) mass is 360 g/mol. The van der Waals surface area contributed by atoms with Gasteiger partial charge in [-0.2, -0.15) is 0 Å². The Labute approximate surface area is 163 Å². The molecule has 3 aliphatic carbocycles. The molecule has 1 heteroatoms. The first-order chi connectivity index (χ1) is 12.4. The minimum atomic E-state index is 0.671. The molecule has 150 valence electrons. The molecule has 0 bridgehead atoms. The molecule has 0 aromatic heterocycles. The smallest absolute Gasteiger partial charge is 0.0918 e. The summed E-state index contributed by atoms with van der Waals surface area (Å²) < 4.78 is 0. The molecule has 0 aromatic carbocycles. The van der Waals surface area contributed by atoms with Gasteiger partial charge in [-0.3, -0.25) is 0 Å². The Morgan fingerprint density at radius 2 is 1.62 bits per heavy atom. The highest BCUT2D eigenvalue weighted by Gasteiger charge is 2.61. The quantitative estimate of drug-likeness (QED) is 0.653. The van der Waals surface area contributed by atoms with Crippen LogP contribution in [0.1, 0.15) is 98.8 Å². The molecule has 0 unspecified atom stereocenters. The van der Waals surface area contributed by atoms with Gasteiger partial charge in [0.15, 0.2) is 0 Å². The molecule has 0 spiro atoms. The molecule has 0 aromatic rings. The Balaban J connectivity index is 1.46. The number of rotatable bonds is 5. The highest BCUT2D eigenvalue weighted by Crippen LogP contribution is 2.66. The fraction of sp³-hybridized carbons (Fsp3) is 1.00. The van der Waals surface area contributed by atoms with Crippen LogP contribution in [0.4, 0.5) is 0 Å². The van der Waals surface area contributed by atoms with E-state index in [9.17, 15) is 0 Å². The summed E-state index contributed by atoms with van der Waals surface area (Å²) in [5.74, 6) is 6.01. The predicted molar refractivity (Wildman–Crippen MR) is 111 cm³/mol. The lowest BCUT2D eigenvalue weighted by Gasteiger charge is -2.56. The Hall–Kier alpha value is -0.0400. The molecule has 2 N–H and O–H groups in total. The lowest BCUT2D eigenvalue weighted by molar-refractivity contribution is -0.680. The SMILES string of the molecule is CC(C)CCC[C@H](C)[C@H]1CC[C@@H]2[C@@H]3CC[C@H]4[NH2+]CC[C@@]4(C)[C@@H]3CC[C@@]21C. The first-order valence-corrected chi connectivity index (χ1v) is 12.2. The minimum absolute atomic E-state index is 0.671. The molecule has 8 atom stereocenters. The van der Waals surface area contributed by atoms with Gasteiger partial charge in [0.25, 0.3) is 0 Å². The third kappa shape index (κ3) is 2.99. The number of nitrogens with two attached hydrogens (primary N) is 1. The Kier molecular flexibility index (Phi) is 5.26. The third-order valence-electron chi connectivity index (χ3n) is 10.3. The van der Waals surface area contributed by atoms with Crippen LogP contribution in [-0.2, 0) is 0 Å². The van der Waals surface area contributed by atoms with Crippen molar-refractivity contribution in [2.24, 2.45) is 46.3 Å². The van der Waals surface area contributed by atoms with E-state index in [4.69, 9.17) is 0 Å². The van der Waals surface area contributed by atoms with Crippen LogP contribution < -0.4 is 5.32 Å². The normalized spacial score (nSPS) is 48.9. The minimum Gasteiger partial charge on any atom is -0.343 e. The van der Waals surface area contributed by atoms with E-state index in [0.29, 0.717) is 10.8 Å². The number of hydrogen-bond acceptors (Lipinski definition) is 0. The summed E-state index contributed by atoms with van der Waals surface area (Å²) in [5.41, 5.74) is 1.34. The predicted octanol–water partition coefficient (Wildman–Crippen LogP) is 5.64. The molecule has 1 aliphatic heterocycles. The maximum absolute atomic E-state index is 2.74. The lowest BCUT2D eigenvalue weighted by Crippen LogP contribution is -2.89. The second kappa shape index (κ2) is 7.09. The van der Waals surface area contributed by atoms with Crippen molar-refractivity contribution >= 4 is 0 Å². The average molecular weight is 361 g/mol. The Bertz CT molecular complexity index is 498. The summed E-state index contributed by atoms with van der Waals surface area (Å²) in [6, 6.07) is 0.959. The van der Waals surface area contributed by atoms with Gasteiger partial charge >= 0.3 is 0 Å². The number of quaternary nitrogens is 1. The molecule has 3 saturated carbocycles. The van der Waals surface area contributed by atoms with Crippen molar-refractivity contribution in [3.8, 4) is 0 Å². The zero-order valence-electron chi connectivity index (χ0n) is 18.4. The van der Waals surface area contributed by atoms with Crippen LogP contribution in [0.2, 0.25) is 0 Å². The van der Waals surface area contributed by atoms with Gasteiger partial charge in [-0.05, 0) is 73.0 Å². The van der Waals surface area contributed by atoms with Crippen LogP contribution in [0.3, 0.4) is 0 Å². The molecule has 0 radical (unpaired) electrons. The first-order valence-electron chi connectivity index (χ1n) is 12.2. The van der Waals surface area contributed by atoms with E-state index in [0.717, 1.165) is 41.5 Å². The topological polar surface area (TPSA) is 16.6 Å². The first kappa shape index (κ1) is 19.3. The zero-order chi connectivity index (χ0) is 18.5. The van der Waals surface area contributed by atoms with Crippen LogP contribution in [0.5, 0.6) is 0 Å². The summed E-state index contributed by atoms with van der Waals surface area (Å²) in [6.07, 6.45) is 15.1. The number of hydrogen-bond donors (Lipinski definition) is 1. The molecule has 4 fully saturated rings. The maximum Gasteiger partial charge on any atom is 0.0918 e. The van der Waals surface area contributed by atoms with Crippen molar-refractivity contribution in [1.82, 2.24) is 0 Å². The second-order valence-electron chi connectivity index (χ2n) is 11.9. The largest absolute Gasteiger partial charge is 0.343 e. The number of fused-ring (bicyclic) bond motifs is 5. The van der Waals surface area contributed by atoms with Gasteiger partial charge in [0, 0.05) is 18.3 Å². The zero-order valence-corrected chi connectivity index (χ0v) is 18.4. The van der Waals surface area contributed by atoms with E-state index < -0.39 is 0 Å². The van der Waals surface area contributed by atoms with E-state index in [2.05, 4.69) is 39.9 Å². The maximum atomic E-state index is 2.74. The van der Waals surface area contributed by atoms with Crippen molar-refractivity contribution in [1.29, 1.82) is 0 Å². The molecule has 4 aliphatic rings. The van der Waals surface area contributed by atoms with Crippen molar-refractivity contribution in [3.63, 3.8) is 0 Å². The molecule has 4 rings (SSSR count). The Morgan fingerprint density at radius 1 is 0.846 bits per heavy atom. The lowest BCUT2D eigenvalue weighted by atomic mass is 9.48. The third-order valence-corrected chi connectivity index (χ3v) is 10.3. The molecule has 26 heavy (non-hydrogen) atoms. The van der Waals surface area contributed by atoms with Crippen LogP contribution >= 0.6 is 0 Å². The summed E-state index contributed by atoms with van der Waals surface area (Å²) in [6.45, 7) is 14.2.